The molecule has 0 heterocycles. The van der Waals surface area contributed by atoms with Crippen LogP contribution in [0, 0.1) is 10.8 Å². The van der Waals surface area contributed by atoms with Gasteiger partial charge in [-0.25, -0.2) is 4.79 Å². The van der Waals surface area contributed by atoms with Crippen LogP contribution in [0.3, 0.4) is 0 Å². The van der Waals surface area contributed by atoms with Gasteiger partial charge in [-0.1, -0.05) is 27.7 Å². The Labute approximate surface area is 73.5 Å². The van der Waals surface area contributed by atoms with Gasteiger partial charge in [0.2, 0.25) is 0 Å². The second-order valence-electron chi connectivity index (χ2n) is 4.51. The third kappa shape index (κ3) is 1.08. The zero-order valence-electron chi connectivity index (χ0n) is 8.39. The van der Waals surface area contributed by atoms with Crippen molar-refractivity contribution in [2.24, 2.45) is 10.8 Å². The van der Waals surface area contributed by atoms with Gasteiger partial charge in [0.05, 0.1) is 7.11 Å². The fourth-order valence-electron chi connectivity index (χ4n) is 1.73. The van der Waals surface area contributed by atoms with Crippen molar-refractivity contribution < 1.29 is 9.53 Å². The van der Waals surface area contributed by atoms with Crippen LogP contribution in [0.15, 0.2) is 0 Å². The van der Waals surface area contributed by atoms with Gasteiger partial charge in [0.15, 0.2) is 0 Å². The number of carbonyl (C=O) groups excluding carboxylic acids is 1. The number of ether oxygens (including phenoxy) is 1. The number of methoxy groups -OCH3 is 1. The van der Waals surface area contributed by atoms with E-state index in [0.29, 0.717) is 0 Å². The van der Waals surface area contributed by atoms with E-state index in [1.54, 1.807) is 0 Å². The van der Waals surface area contributed by atoms with Crippen LogP contribution in [0.25, 0.3) is 0 Å². The van der Waals surface area contributed by atoms with Crippen LogP contribution in [0.4, 0.5) is 4.79 Å². The maximum atomic E-state index is 10.9. The van der Waals surface area contributed by atoms with Crippen molar-refractivity contribution in [1.82, 2.24) is 5.32 Å². The van der Waals surface area contributed by atoms with Gasteiger partial charge in [0.1, 0.15) is 0 Å². The first-order chi connectivity index (χ1) is 5.34. The van der Waals surface area contributed by atoms with E-state index < -0.39 is 0 Å². The molecule has 0 radical (unpaired) electrons. The van der Waals surface area contributed by atoms with E-state index in [-0.39, 0.29) is 23.0 Å². The average molecular weight is 171 g/mol. The first-order valence-corrected chi connectivity index (χ1v) is 4.18. The molecule has 0 atom stereocenters. The smallest absolute Gasteiger partial charge is 0.407 e. The highest BCUT2D eigenvalue weighted by Crippen LogP contribution is 2.62. The van der Waals surface area contributed by atoms with Crippen molar-refractivity contribution in [1.29, 1.82) is 0 Å². The summed E-state index contributed by atoms with van der Waals surface area (Å²) in [7, 11) is 1.39. The maximum absolute atomic E-state index is 10.9. The van der Waals surface area contributed by atoms with Crippen LogP contribution in [0.1, 0.15) is 27.7 Å². The molecule has 0 aromatic carbocycles. The molecule has 1 aliphatic rings. The number of hydrogen-bond acceptors (Lipinski definition) is 2. The molecule has 12 heavy (non-hydrogen) atoms. The van der Waals surface area contributed by atoms with Crippen LogP contribution < -0.4 is 5.32 Å². The van der Waals surface area contributed by atoms with E-state index in [9.17, 15) is 4.79 Å². The third-order valence-corrected chi connectivity index (χ3v) is 3.47. The Kier molecular flexibility index (Phi) is 1.85. The lowest BCUT2D eigenvalue weighted by molar-refractivity contribution is 0.168. The number of amides is 1. The topological polar surface area (TPSA) is 38.3 Å². The van der Waals surface area contributed by atoms with E-state index >= 15 is 0 Å². The van der Waals surface area contributed by atoms with E-state index in [1.165, 1.54) is 7.11 Å². The Hall–Kier alpha value is -0.730. The fraction of sp³-hybridized carbons (Fsp3) is 0.889. The number of rotatable bonds is 1. The van der Waals surface area contributed by atoms with Gasteiger partial charge in [-0.3, -0.25) is 0 Å². The second kappa shape index (κ2) is 2.38. The summed E-state index contributed by atoms with van der Waals surface area (Å²) >= 11 is 0. The first-order valence-electron chi connectivity index (χ1n) is 4.18. The molecule has 1 aliphatic carbocycles. The molecule has 70 valence electrons. The molecule has 0 aliphatic heterocycles. The third-order valence-electron chi connectivity index (χ3n) is 3.47. The number of carbonyl (C=O) groups is 1. The van der Waals surface area contributed by atoms with Crippen LogP contribution in [0.2, 0.25) is 0 Å². The molecule has 3 nitrogen and oxygen atoms in total. The molecule has 0 aromatic rings. The van der Waals surface area contributed by atoms with Gasteiger partial charge in [-0.15, -0.1) is 0 Å². The van der Waals surface area contributed by atoms with E-state index in [2.05, 4.69) is 37.7 Å². The SMILES string of the molecule is COC(=O)NC1C(C)(C)C1(C)C. The van der Waals surface area contributed by atoms with Gasteiger partial charge >= 0.3 is 6.09 Å². The van der Waals surface area contributed by atoms with Crippen molar-refractivity contribution in [3.8, 4) is 0 Å². The average Bonchev–Trinajstić information content (AvgIpc) is 2.32. The van der Waals surface area contributed by atoms with Crippen LogP contribution in [0.5, 0.6) is 0 Å². The van der Waals surface area contributed by atoms with Crippen molar-refractivity contribution >= 4 is 6.09 Å². The summed E-state index contributed by atoms with van der Waals surface area (Å²) in [5.74, 6) is 0. The molecule has 1 fully saturated rings. The molecule has 0 aromatic heterocycles. The zero-order chi connectivity index (χ0) is 9.57. The van der Waals surface area contributed by atoms with Gasteiger partial charge < -0.3 is 10.1 Å². The first kappa shape index (κ1) is 9.36. The van der Waals surface area contributed by atoms with Gasteiger partial charge in [-0.05, 0) is 10.8 Å². The minimum absolute atomic E-state index is 0.182. The molecule has 1 saturated carbocycles. The molecule has 0 unspecified atom stereocenters. The molecule has 1 rings (SSSR count). The highest BCUT2D eigenvalue weighted by molar-refractivity contribution is 5.68. The lowest BCUT2D eigenvalue weighted by Crippen LogP contribution is -2.29. The lowest BCUT2D eigenvalue weighted by atomic mass is 10.0. The molecular weight excluding hydrogens is 154 g/mol. The van der Waals surface area contributed by atoms with E-state index in [0.717, 1.165) is 0 Å². The van der Waals surface area contributed by atoms with Crippen molar-refractivity contribution in [2.75, 3.05) is 7.11 Å². The summed E-state index contributed by atoms with van der Waals surface area (Å²) in [4.78, 5) is 10.9. The largest absolute Gasteiger partial charge is 0.453 e. The molecule has 0 spiro atoms. The van der Waals surface area contributed by atoms with Gasteiger partial charge in [-0.2, -0.15) is 0 Å². The lowest BCUT2D eigenvalue weighted by Gasteiger charge is -2.03. The Morgan fingerprint density at radius 3 is 1.92 bits per heavy atom. The standard InChI is InChI=1S/C9H17NO2/c1-8(2)6(9(8,3)4)10-7(11)12-5/h6H,1-5H3,(H,10,11). The Morgan fingerprint density at radius 2 is 1.67 bits per heavy atom. The minimum Gasteiger partial charge on any atom is -0.453 e. The molecule has 1 N–H and O–H groups in total. The highest BCUT2D eigenvalue weighted by atomic mass is 16.5. The fourth-order valence-corrected chi connectivity index (χ4v) is 1.73. The molecule has 3 heteroatoms. The summed E-state index contributed by atoms with van der Waals surface area (Å²) in [6, 6.07) is 0.234. The number of nitrogens with one attached hydrogen (secondary N) is 1. The summed E-state index contributed by atoms with van der Waals surface area (Å²) in [6.07, 6.45) is -0.335. The monoisotopic (exact) mass is 171 g/mol. The van der Waals surface area contributed by atoms with E-state index in [4.69, 9.17) is 0 Å². The van der Waals surface area contributed by atoms with Crippen LogP contribution in [-0.2, 0) is 4.74 Å². The number of alkyl carbamates (subject to hydrolysis) is 1. The van der Waals surface area contributed by atoms with Crippen molar-refractivity contribution in [2.45, 2.75) is 33.7 Å². The molecular formula is C9H17NO2. The molecule has 0 saturated heterocycles. The summed E-state index contributed by atoms with van der Waals surface area (Å²) in [5, 5.41) is 2.82. The van der Waals surface area contributed by atoms with Crippen molar-refractivity contribution in [3.05, 3.63) is 0 Å². The second-order valence-corrected chi connectivity index (χ2v) is 4.51. The Balaban J connectivity index is 2.54. The predicted molar refractivity (Wildman–Crippen MR) is 46.9 cm³/mol. The van der Waals surface area contributed by atoms with Crippen LogP contribution >= 0.6 is 0 Å². The minimum atomic E-state index is -0.335. The Bertz CT molecular complexity index is 195. The van der Waals surface area contributed by atoms with Crippen LogP contribution in [-0.4, -0.2) is 19.2 Å². The summed E-state index contributed by atoms with van der Waals surface area (Å²) < 4.78 is 4.54. The quantitative estimate of drug-likeness (QED) is 0.653. The normalized spacial score (nSPS) is 24.8. The summed E-state index contributed by atoms with van der Waals surface area (Å²) in [5.41, 5.74) is 0.363. The van der Waals surface area contributed by atoms with Gasteiger partial charge in [0.25, 0.3) is 0 Å². The predicted octanol–water partition coefficient (Wildman–Crippen LogP) is 1.78. The number of hydrogen-bond donors (Lipinski definition) is 1. The molecule has 1 amide bonds. The maximum Gasteiger partial charge on any atom is 0.407 e. The van der Waals surface area contributed by atoms with Gasteiger partial charge in [0, 0.05) is 6.04 Å². The van der Waals surface area contributed by atoms with Crippen molar-refractivity contribution in [3.63, 3.8) is 0 Å². The highest BCUT2D eigenvalue weighted by Gasteiger charge is 2.65. The summed E-state index contributed by atoms with van der Waals surface area (Å²) in [6.45, 7) is 8.59. The Morgan fingerprint density at radius 1 is 1.25 bits per heavy atom. The zero-order valence-corrected chi connectivity index (χ0v) is 8.39. The van der Waals surface area contributed by atoms with E-state index in [1.807, 2.05) is 0 Å². The molecule has 0 bridgehead atoms.